The largest absolute Gasteiger partial charge is 0.465 e. The summed E-state index contributed by atoms with van der Waals surface area (Å²) in [6.07, 6.45) is 3.43. The van der Waals surface area contributed by atoms with Crippen molar-refractivity contribution in [2.45, 2.75) is 24.8 Å². The number of hydrogen-bond acceptors (Lipinski definition) is 5. The summed E-state index contributed by atoms with van der Waals surface area (Å²) in [5.41, 5.74) is 7.30. The SMILES string of the molecule is O=C(O)NC1(c2ccc(-c3c(-c4ccsc4)nc4n3-c3cccnc3Nc3ccccc3-4)cc2)CCC1. The van der Waals surface area contributed by atoms with Gasteiger partial charge in [-0.2, -0.15) is 11.3 Å². The highest BCUT2D eigenvalue weighted by molar-refractivity contribution is 7.08. The van der Waals surface area contributed by atoms with Crippen molar-refractivity contribution in [2.75, 3.05) is 5.32 Å². The second-order valence-electron chi connectivity index (χ2n) is 9.46. The maximum absolute atomic E-state index is 11.5. The number of hydrogen-bond donors (Lipinski definition) is 3. The lowest BCUT2D eigenvalue weighted by atomic mass is 9.71. The third-order valence-corrected chi connectivity index (χ3v) is 8.07. The number of carboxylic acid groups (broad SMARTS) is 1. The second kappa shape index (κ2) is 8.31. The van der Waals surface area contributed by atoms with Gasteiger partial charge in [-0.25, -0.2) is 14.8 Å². The number of benzene rings is 2. The number of thiophene rings is 1. The maximum Gasteiger partial charge on any atom is 0.405 e. The molecule has 2 aliphatic rings. The summed E-state index contributed by atoms with van der Waals surface area (Å²) in [6.45, 7) is 0. The molecule has 3 aromatic heterocycles. The lowest BCUT2D eigenvalue weighted by molar-refractivity contribution is 0.144. The van der Waals surface area contributed by atoms with E-state index in [1.807, 2.05) is 24.3 Å². The van der Waals surface area contributed by atoms with E-state index in [1.54, 1.807) is 17.5 Å². The molecule has 4 heterocycles. The zero-order chi connectivity index (χ0) is 25.0. The molecule has 1 aliphatic heterocycles. The highest BCUT2D eigenvalue weighted by Gasteiger charge is 2.40. The molecule has 0 spiro atoms. The molecule has 0 saturated heterocycles. The first-order valence-corrected chi connectivity index (χ1v) is 13.2. The van der Waals surface area contributed by atoms with Gasteiger partial charge < -0.3 is 15.7 Å². The molecule has 182 valence electrons. The first-order chi connectivity index (χ1) is 18.1. The van der Waals surface area contributed by atoms with E-state index in [1.165, 1.54) is 0 Å². The molecule has 1 fully saturated rings. The van der Waals surface area contributed by atoms with Crippen LogP contribution in [0.4, 0.5) is 16.3 Å². The molecular formula is C29H23N5O2S. The van der Waals surface area contributed by atoms with Gasteiger partial charge in [0.05, 0.1) is 28.3 Å². The number of anilines is 2. The summed E-state index contributed by atoms with van der Waals surface area (Å²) in [5.74, 6) is 1.61. The van der Waals surface area contributed by atoms with Gasteiger partial charge in [-0.05, 0) is 60.5 Å². The van der Waals surface area contributed by atoms with Gasteiger partial charge in [0, 0.05) is 28.3 Å². The predicted octanol–water partition coefficient (Wildman–Crippen LogP) is 7.03. The lowest BCUT2D eigenvalue weighted by Crippen LogP contribution is -2.50. The average Bonchev–Trinajstić information content (AvgIpc) is 3.53. The van der Waals surface area contributed by atoms with Gasteiger partial charge in [0.15, 0.2) is 5.82 Å². The third kappa shape index (κ3) is 3.44. The highest BCUT2D eigenvalue weighted by atomic mass is 32.1. The highest BCUT2D eigenvalue weighted by Crippen LogP contribution is 2.46. The Bertz CT molecular complexity index is 1640. The number of pyridine rings is 1. The Hall–Kier alpha value is -4.43. The van der Waals surface area contributed by atoms with E-state index in [0.717, 1.165) is 75.9 Å². The fourth-order valence-electron chi connectivity index (χ4n) is 5.46. The summed E-state index contributed by atoms with van der Waals surface area (Å²) < 4.78 is 2.19. The van der Waals surface area contributed by atoms with Crippen molar-refractivity contribution in [2.24, 2.45) is 0 Å². The van der Waals surface area contributed by atoms with Crippen LogP contribution in [0.2, 0.25) is 0 Å². The van der Waals surface area contributed by atoms with Crippen LogP contribution < -0.4 is 10.6 Å². The van der Waals surface area contributed by atoms with E-state index in [2.05, 4.69) is 73.4 Å². The quantitative estimate of drug-likeness (QED) is 0.239. The molecule has 1 amide bonds. The molecule has 3 N–H and O–H groups in total. The summed E-state index contributed by atoms with van der Waals surface area (Å²) in [7, 11) is 0. The summed E-state index contributed by atoms with van der Waals surface area (Å²) in [5, 5.41) is 19.9. The van der Waals surface area contributed by atoms with Crippen molar-refractivity contribution in [3.63, 3.8) is 0 Å². The van der Waals surface area contributed by atoms with Crippen molar-refractivity contribution in [3.8, 4) is 39.6 Å². The number of nitrogens with zero attached hydrogens (tertiary/aromatic N) is 3. The van der Waals surface area contributed by atoms with Crippen LogP contribution in [0.15, 0.2) is 83.7 Å². The van der Waals surface area contributed by atoms with Crippen LogP contribution in [0.5, 0.6) is 0 Å². The number of aromatic nitrogens is 3. The van der Waals surface area contributed by atoms with E-state index >= 15 is 0 Å². The third-order valence-electron chi connectivity index (χ3n) is 7.38. The summed E-state index contributed by atoms with van der Waals surface area (Å²) >= 11 is 1.64. The Balaban J connectivity index is 1.47. The standard InChI is InChI=1S/C29H23N5O2S/c35-28(36)33-29(13-4-14-29)20-10-8-18(9-11-20)25-24(19-12-16-37-17-19)32-27-21-5-1-2-6-22(21)31-26-23(34(25)27)7-3-15-30-26/h1-3,5-12,15-17,33H,4,13-14H2,(H,30,31)(H,35,36). The molecule has 0 bridgehead atoms. The topological polar surface area (TPSA) is 92.1 Å². The van der Waals surface area contributed by atoms with Crippen LogP contribution in [0.25, 0.3) is 39.6 Å². The normalized spacial score (nSPS) is 14.8. The van der Waals surface area contributed by atoms with Crippen molar-refractivity contribution < 1.29 is 9.90 Å². The predicted molar refractivity (Wildman–Crippen MR) is 146 cm³/mol. The van der Waals surface area contributed by atoms with Crippen LogP contribution in [-0.4, -0.2) is 25.7 Å². The zero-order valence-electron chi connectivity index (χ0n) is 19.8. The maximum atomic E-state index is 11.5. The van der Waals surface area contributed by atoms with Gasteiger partial charge in [0.1, 0.15) is 5.82 Å². The first kappa shape index (κ1) is 21.8. The van der Waals surface area contributed by atoms with Crippen molar-refractivity contribution in [3.05, 3.63) is 89.3 Å². The van der Waals surface area contributed by atoms with Gasteiger partial charge in [-0.1, -0.05) is 36.4 Å². The van der Waals surface area contributed by atoms with E-state index in [9.17, 15) is 9.90 Å². The molecule has 7 nitrogen and oxygen atoms in total. The van der Waals surface area contributed by atoms with Gasteiger partial charge in [0.25, 0.3) is 0 Å². The van der Waals surface area contributed by atoms with Crippen LogP contribution in [0.3, 0.4) is 0 Å². The Labute approximate surface area is 217 Å². The molecule has 1 aliphatic carbocycles. The monoisotopic (exact) mass is 505 g/mol. The minimum absolute atomic E-state index is 0.506. The minimum Gasteiger partial charge on any atom is -0.465 e. The smallest absolute Gasteiger partial charge is 0.405 e. The molecule has 2 aromatic carbocycles. The first-order valence-electron chi connectivity index (χ1n) is 12.2. The molecule has 5 aromatic rings. The molecule has 7 rings (SSSR count). The Kier molecular flexibility index (Phi) is 4.90. The van der Waals surface area contributed by atoms with Crippen LogP contribution in [0, 0.1) is 0 Å². The number of rotatable bonds is 4. The second-order valence-corrected chi connectivity index (χ2v) is 10.2. The van der Waals surface area contributed by atoms with E-state index < -0.39 is 11.6 Å². The Morgan fingerprint density at radius 1 is 1.03 bits per heavy atom. The number of fused-ring (bicyclic) bond motifs is 5. The molecule has 8 heteroatoms. The fourth-order valence-corrected chi connectivity index (χ4v) is 6.10. The van der Waals surface area contributed by atoms with Crippen molar-refractivity contribution in [1.29, 1.82) is 0 Å². The number of imidazole rings is 1. The van der Waals surface area contributed by atoms with E-state index in [4.69, 9.17) is 4.98 Å². The van der Waals surface area contributed by atoms with Crippen molar-refractivity contribution >= 4 is 28.9 Å². The zero-order valence-corrected chi connectivity index (χ0v) is 20.6. The summed E-state index contributed by atoms with van der Waals surface area (Å²) in [6, 6.07) is 22.5. The molecular weight excluding hydrogens is 482 g/mol. The minimum atomic E-state index is -0.986. The van der Waals surface area contributed by atoms with E-state index in [-0.39, 0.29) is 0 Å². The number of para-hydroxylation sites is 1. The molecule has 0 unspecified atom stereocenters. The Morgan fingerprint density at radius 2 is 1.86 bits per heavy atom. The van der Waals surface area contributed by atoms with Gasteiger partial charge >= 0.3 is 6.09 Å². The van der Waals surface area contributed by atoms with Gasteiger partial charge in [-0.15, -0.1) is 0 Å². The molecule has 1 saturated carbocycles. The molecule has 0 radical (unpaired) electrons. The average molecular weight is 506 g/mol. The van der Waals surface area contributed by atoms with Gasteiger partial charge in [0.2, 0.25) is 0 Å². The van der Waals surface area contributed by atoms with E-state index in [0.29, 0.717) is 0 Å². The number of amides is 1. The fraction of sp³-hybridized carbons (Fsp3) is 0.138. The van der Waals surface area contributed by atoms with Crippen LogP contribution in [0.1, 0.15) is 24.8 Å². The number of nitrogens with one attached hydrogen (secondary N) is 2. The molecule has 37 heavy (non-hydrogen) atoms. The lowest BCUT2D eigenvalue weighted by Gasteiger charge is -2.42. The van der Waals surface area contributed by atoms with Crippen LogP contribution in [-0.2, 0) is 5.54 Å². The molecule has 0 atom stereocenters. The summed E-state index contributed by atoms with van der Waals surface area (Å²) in [4.78, 5) is 21.4. The van der Waals surface area contributed by atoms with Crippen molar-refractivity contribution in [1.82, 2.24) is 19.9 Å². The van der Waals surface area contributed by atoms with Crippen LogP contribution >= 0.6 is 11.3 Å². The number of carbonyl (C=O) groups is 1. The van der Waals surface area contributed by atoms with Gasteiger partial charge in [-0.3, -0.25) is 4.57 Å². The Morgan fingerprint density at radius 3 is 2.59 bits per heavy atom.